The van der Waals surface area contributed by atoms with E-state index in [0.717, 1.165) is 30.3 Å². The van der Waals surface area contributed by atoms with E-state index in [9.17, 15) is 21.6 Å². The standard InChI is InChI=1S/C13H8Cl2F3NO2S/c14-9-2-4-11(16)8(13(9)18)6-19-22(20,21)7-1-3-12(17)10(15)5-7/h1-5,19H,6H2. The van der Waals surface area contributed by atoms with Crippen LogP contribution in [0, 0.1) is 17.5 Å². The number of halogens is 5. The molecule has 0 radical (unpaired) electrons. The third-order valence-electron chi connectivity index (χ3n) is 2.78. The molecular weight excluding hydrogens is 362 g/mol. The van der Waals surface area contributed by atoms with Crippen molar-refractivity contribution in [1.82, 2.24) is 4.72 Å². The molecule has 0 bridgehead atoms. The number of rotatable bonds is 4. The predicted octanol–water partition coefficient (Wildman–Crippen LogP) is 3.89. The lowest BCUT2D eigenvalue weighted by Crippen LogP contribution is -2.24. The van der Waals surface area contributed by atoms with Gasteiger partial charge < -0.3 is 0 Å². The lowest BCUT2D eigenvalue weighted by atomic mass is 10.2. The molecular formula is C13H8Cl2F3NO2S. The van der Waals surface area contributed by atoms with E-state index in [1.54, 1.807) is 0 Å². The largest absolute Gasteiger partial charge is 0.240 e. The van der Waals surface area contributed by atoms with Gasteiger partial charge in [0.1, 0.15) is 17.5 Å². The minimum atomic E-state index is -4.12. The fourth-order valence-corrected chi connectivity index (χ4v) is 3.07. The van der Waals surface area contributed by atoms with Crippen LogP contribution >= 0.6 is 23.2 Å². The zero-order valence-corrected chi connectivity index (χ0v) is 13.0. The maximum absolute atomic E-state index is 13.7. The second-order valence-corrected chi connectivity index (χ2v) is 6.80. The van der Waals surface area contributed by atoms with Crippen LogP contribution in [0.5, 0.6) is 0 Å². The van der Waals surface area contributed by atoms with Gasteiger partial charge in [-0.15, -0.1) is 0 Å². The molecule has 0 saturated carbocycles. The van der Waals surface area contributed by atoms with E-state index in [1.165, 1.54) is 0 Å². The minimum absolute atomic E-state index is 0.332. The topological polar surface area (TPSA) is 46.2 Å². The van der Waals surface area contributed by atoms with Gasteiger partial charge in [-0.25, -0.2) is 26.3 Å². The smallest absolute Gasteiger partial charge is 0.207 e. The summed E-state index contributed by atoms with van der Waals surface area (Å²) in [4.78, 5) is -0.332. The van der Waals surface area contributed by atoms with Crippen LogP contribution in [0.4, 0.5) is 13.2 Å². The second kappa shape index (κ2) is 6.45. The molecule has 3 nitrogen and oxygen atoms in total. The Kier molecular flexibility index (Phi) is 5.01. The first-order valence-electron chi connectivity index (χ1n) is 5.79. The Bertz CT molecular complexity index is 828. The van der Waals surface area contributed by atoms with Crippen LogP contribution in [0.3, 0.4) is 0 Å². The van der Waals surface area contributed by atoms with E-state index in [4.69, 9.17) is 23.2 Å². The first-order chi connectivity index (χ1) is 10.2. The molecule has 118 valence electrons. The average molecular weight is 370 g/mol. The molecule has 2 aromatic carbocycles. The SMILES string of the molecule is O=S(=O)(NCc1c(F)ccc(Cl)c1F)c1ccc(F)c(Cl)c1. The van der Waals surface area contributed by atoms with Gasteiger partial charge in [0.2, 0.25) is 10.0 Å². The van der Waals surface area contributed by atoms with Gasteiger partial charge in [0, 0.05) is 12.1 Å². The highest BCUT2D eigenvalue weighted by atomic mass is 35.5. The van der Waals surface area contributed by atoms with Gasteiger partial charge in [0.25, 0.3) is 0 Å². The van der Waals surface area contributed by atoms with Gasteiger partial charge in [-0.05, 0) is 30.3 Å². The van der Waals surface area contributed by atoms with Crippen LogP contribution in [0.25, 0.3) is 0 Å². The minimum Gasteiger partial charge on any atom is -0.207 e. The Morgan fingerprint density at radius 1 is 0.955 bits per heavy atom. The summed E-state index contributed by atoms with van der Waals surface area (Å²) in [6.07, 6.45) is 0. The number of benzene rings is 2. The van der Waals surface area contributed by atoms with Crippen LogP contribution in [0.2, 0.25) is 10.0 Å². The Morgan fingerprint density at radius 2 is 1.59 bits per heavy atom. The van der Waals surface area contributed by atoms with Gasteiger partial charge >= 0.3 is 0 Å². The summed E-state index contributed by atoms with van der Waals surface area (Å²) in [7, 11) is -4.12. The first-order valence-corrected chi connectivity index (χ1v) is 8.03. The van der Waals surface area contributed by atoms with E-state index in [-0.39, 0.29) is 14.9 Å². The average Bonchev–Trinajstić information content (AvgIpc) is 2.46. The lowest BCUT2D eigenvalue weighted by Gasteiger charge is -2.09. The molecule has 0 aliphatic heterocycles. The Balaban J connectivity index is 2.27. The molecule has 0 atom stereocenters. The molecule has 1 N–H and O–H groups in total. The normalized spacial score (nSPS) is 11.7. The molecule has 0 heterocycles. The van der Waals surface area contributed by atoms with E-state index in [2.05, 4.69) is 0 Å². The zero-order valence-electron chi connectivity index (χ0n) is 10.7. The molecule has 9 heteroatoms. The molecule has 0 spiro atoms. The molecule has 0 aromatic heterocycles. The highest BCUT2D eigenvalue weighted by Crippen LogP contribution is 2.22. The fourth-order valence-electron chi connectivity index (χ4n) is 1.63. The van der Waals surface area contributed by atoms with Crippen molar-refractivity contribution in [3.05, 3.63) is 63.4 Å². The Hall–Kier alpha value is -1.28. The molecule has 0 aliphatic carbocycles. The molecule has 2 rings (SSSR count). The summed E-state index contributed by atoms with van der Waals surface area (Å²) >= 11 is 11.0. The number of nitrogens with one attached hydrogen (secondary N) is 1. The van der Waals surface area contributed by atoms with Gasteiger partial charge in [0.05, 0.1) is 14.9 Å². The van der Waals surface area contributed by atoms with Crippen LogP contribution in [0.1, 0.15) is 5.56 Å². The first kappa shape index (κ1) is 17.1. The van der Waals surface area contributed by atoms with Crippen molar-refractivity contribution < 1.29 is 21.6 Å². The second-order valence-electron chi connectivity index (χ2n) is 4.22. The molecule has 0 amide bonds. The highest BCUT2D eigenvalue weighted by Gasteiger charge is 2.19. The molecule has 2 aromatic rings. The van der Waals surface area contributed by atoms with E-state index in [0.29, 0.717) is 0 Å². The molecule has 0 fully saturated rings. The van der Waals surface area contributed by atoms with E-state index in [1.807, 2.05) is 4.72 Å². The zero-order chi connectivity index (χ0) is 16.5. The van der Waals surface area contributed by atoms with Gasteiger partial charge in [-0.2, -0.15) is 0 Å². The fraction of sp³-hybridized carbons (Fsp3) is 0.0769. The molecule has 0 saturated heterocycles. The lowest BCUT2D eigenvalue weighted by molar-refractivity contribution is 0.544. The van der Waals surface area contributed by atoms with E-state index >= 15 is 0 Å². The van der Waals surface area contributed by atoms with Crippen molar-refractivity contribution in [3.8, 4) is 0 Å². The predicted molar refractivity (Wildman–Crippen MR) is 76.8 cm³/mol. The maximum atomic E-state index is 13.7. The Labute approximate surface area is 134 Å². The third kappa shape index (κ3) is 3.55. The molecule has 22 heavy (non-hydrogen) atoms. The highest BCUT2D eigenvalue weighted by molar-refractivity contribution is 7.89. The quantitative estimate of drug-likeness (QED) is 0.831. The molecule has 0 aliphatic rings. The van der Waals surface area contributed by atoms with Crippen molar-refractivity contribution in [2.24, 2.45) is 0 Å². The maximum Gasteiger partial charge on any atom is 0.240 e. The summed E-state index contributed by atoms with van der Waals surface area (Å²) in [5, 5.41) is -0.719. The van der Waals surface area contributed by atoms with Crippen LogP contribution in [-0.4, -0.2) is 8.42 Å². The van der Waals surface area contributed by atoms with E-state index < -0.39 is 39.6 Å². The van der Waals surface area contributed by atoms with Crippen molar-refractivity contribution in [2.45, 2.75) is 11.4 Å². The van der Waals surface area contributed by atoms with Crippen LogP contribution < -0.4 is 4.72 Å². The molecule has 0 unspecified atom stereocenters. The number of sulfonamides is 1. The van der Waals surface area contributed by atoms with Crippen LogP contribution in [0.15, 0.2) is 35.2 Å². The van der Waals surface area contributed by atoms with Crippen LogP contribution in [-0.2, 0) is 16.6 Å². The van der Waals surface area contributed by atoms with Gasteiger partial charge in [0.15, 0.2) is 0 Å². The number of hydrogen-bond donors (Lipinski definition) is 1. The summed E-state index contributed by atoms with van der Waals surface area (Å²) in [6.45, 7) is -0.657. The third-order valence-corrected chi connectivity index (χ3v) is 4.76. The summed E-state index contributed by atoms with van der Waals surface area (Å²) in [5.41, 5.74) is -0.524. The van der Waals surface area contributed by atoms with Crippen molar-refractivity contribution in [3.63, 3.8) is 0 Å². The van der Waals surface area contributed by atoms with Crippen molar-refractivity contribution in [2.75, 3.05) is 0 Å². The van der Waals surface area contributed by atoms with Crippen molar-refractivity contribution in [1.29, 1.82) is 0 Å². The Morgan fingerprint density at radius 3 is 2.23 bits per heavy atom. The van der Waals surface area contributed by atoms with Gasteiger partial charge in [-0.1, -0.05) is 23.2 Å². The summed E-state index contributed by atoms with van der Waals surface area (Å²) in [6, 6.07) is 4.68. The monoisotopic (exact) mass is 369 g/mol. The summed E-state index contributed by atoms with van der Waals surface area (Å²) in [5.74, 6) is -2.78. The summed E-state index contributed by atoms with van der Waals surface area (Å²) < 4.78 is 66.2. The number of hydrogen-bond acceptors (Lipinski definition) is 2. The van der Waals surface area contributed by atoms with Crippen molar-refractivity contribution >= 4 is 33.2 Å². The van der Waals surface area contributed by atoms with Gasteiger partial charge in [-0.3, -0.25) is 0 Å².